The first-order valence-corrected chi connectivity index (χ1v) is 9.68. The molecule has 0 aliphatic heterocycles. The number of benzene rings is 2. The van der Waals surface area contributed by atoms with Gasteiger partial charge in [0.1, 0.15) is 5.75 Å². The van der Waals surface area contributed by atoms with E-state index in [9.17, 15) is 10.2 Å². The van der Waals surface area contributed by atoms with Crippen LogP contribution in [-0.2, 0) is 17.4 Å². The Morgan fingerprint density at radius 1 is 0.889 bits per heavy atom. The highest BCUT2D eigenvalue weighted by Gasteiger charge is 2.26. The van der Waals surface area contributed by atoms with Crippen molar-refractivity contribution in [2.24, 2.45) is 0 Å². The van der Waals surface area contributed by atoms with E-state index in [4.69, 9.17) is 0 Å². The molecule has 0 spiro atoms. The second-order valence-corrected chi connectivity index (χ2v) is 9.66. The molecule has 0 amide bonds. The minimum atomic E-state index is -0.516. The molecular weight excluding hydrogens is 334 g/mol. The van der Waals surface area contributed by atoms with Gasteiger partial charge in [-0.3, -0.25) is 4.90 Å². The molecule has 0 saturated carbocycles. The topological polar surface area (TPSA) is 43.7 Å². The first-order valence-electron chi connectivity index (χ1n) is 9.68. The molecule has 2 aromatic rings. The van der Waals surface area contributed by atoms with Gasteiger partial charge in [-0.05, 0) is 40.1 Å². The SMILES string of the molecule is CN(Cc1cc(C(C)(C)C)c(O)c(C(C)(C)C)c1)C[C@H](O)c1ccccc1. The van der Waals surface area contributed by atoms with Gasteiger partial charge in [-0.15, -0.1) is 0 Å². The largest absolute Gasteiger partial charge is 0.507 e. The molecule has 0 aliphatic carbocycles. The average Bonchev–Trinajstić information content (AvgIpc) is 2.55. The van der Waals surface area contributed by atoms with Crippen molar-refractivity contribution in [2.45, 2.75) is 65.0 Å². The van der Waals surface area contributed by atoms with Gasteiger partial charge >= 0.3 is 0 Å². The molecule has 3 heteroatoms. The lowest BCUT2D eigenvalue weighted by Gasteiger charge is -2.29. The molecule has 0 fully saturated rings. The smallest absolute Gasteiger partial charge is 0.123 e. The van der Waals surface area contributed by atoms with Gasteiger partial charge in [-0.2, -0.15) is 0 Å². The normalized spacial score (nSPS) is 13.8. The third-order valence-corrected chi connectivity index (χ3v) is 4.91. The zero-order valence-corrected chi connectivity index (χ0v) is 17.9. The van der Waals surface area contributed by atoms with E-state index in [1.54, 1.807) is 0 Å². The Labute approximate surface area is 164 Å². The quantitative estimate of drug-likeness (QED) is 0.766. The third-order valence-electron chi connectivity index (χ3n) is 4.91. The van der Waals surface area contributed by atoms with E-state index in [0.29, 0.717) is 12.3 Å². The number of phenols is 1. The molecule has 0 aliphatic rings. The van der Waals surface area contributed by atoms with Crippen LogP contribution in [0, 0.1) is 0 Å². The highest BCUT2D eigenvalue weighted by Crippen LogP contribution is 2.40. The van der Waals surface area contributed by atoms with Crippen LogP contribution in [0.15, 0.2) is 42.5 Å². The highest BCUT2D eigenvalue weighted by atomic mass is 16.3. The predicted molar refractivity (Wildman–Crippen MR) is 113 cm³/mol. The molecule has 0 aromatic heterocycles. The van der Waals surface area contributed by atoms with Gasteiger partial charge in [0.25, 0.3) is 0 Å². The summed E-state index contributed by atoms with van der Waals surface area (Å²) in [5.74, 6) is 0.408. The maximum absolute atomic E-state index is 10.9. The number of aliphatic hydroxyl groups excluding tert-OH is 1. The van der Waals surface area contributed by atoms with Crippen LogP contribution in [0.4, 0.5) is 0 Å². The monoisotopic (exact) mass is 369 g/mol. The Hall–Kier alpha value is -1.84. The van der Waals surface area contributed by atoms with Gasteiger partial charge in [0, 0.05) is 13.1 Å². The lowest BCUT2D eigenvalue weighted by Crippen LogP contribution is -2.25. The summed E-state index contributed by atoms with van der Waals surface area (Å²) in [5.41, 5.74) is 3.76. The molecule has 0 unspecified atom stereocenters. The summed E-state index contributed by atoms with van der Waals surface area (Å²) in [6, 6.07) is 14.0. The molecule has 2 rings (SSSR count). The second kappa shape index (κ2) is 8.04. The third kappa shape index (κ3) is 5.57. The predicted octanol–water partition coefficient (Wildman–Crippen LogP) is 5.15. The fourth-order valence-corrected chi connectivity index (χ4v) is 3.38. The lowest BCUT2D eigenvalue weighted by molar-refractivity contribution is 0.124. The van der Waals surface area contributed by atoms with Crippen LogP contribution in [0.3, 0.4) is 0 Å². The van der Waals surface area contributed by atoms with Crippen LogP contribution in [0.1, 0.15) is 69.9 Å². The van der Waals surface area contributed by atoms with Crippen molar-refractivity contribution in [3.05, 3.63) is 64.7 Å². The van der Waals surface area contributed by atoms with E-state index in [1.807, 2.05) is 37.4 Å². The van der Waals surface area contributed by atoms with Crippen LogP contribution < -0.4 is 0 Å². The number of nitrogens with zero attached hydrogens (tertiary/aromatic N) is 1. The standard InChI is InChI=1S/C24H35NO2/c1-23(2,3)19-13-17(14-20(22(19)27)24(4,5)6)15-25(7)16-21(26)18-11-9-8-10-12-18/h8-14,21,26-27H,15-16H2,1-7H3/t21-/m0/s1. The van der Waals surface area contributed by atoms with Gasteiger partial charge in [0.05, 0.1) is 6.10 Å². The fraction of sp³-hybridized carbons (Fsp3) is 0.500. The molecule has 0 radical (unpaired) electrons. The summed E-state index contributed by atoms with van der Waals surface area (Å²) < 4.78 is 0. The zero-order chi connectivity index (χ0) is 20.4. The van der Waals surface area contributed by atoms with Crippen LogP contribution in [0.2, 0.25) is 0 Å². The minimum Gasteiger partial charge on any atom is -0.507 e. The number of aliphatic hydroxyl groups is 1. The van der Waals surface area contributed by atoms with Crippen molar-refractivity contribution in [1.82, 2.24) is 4.90 Å². The first kappa shape index (κ1) is 21.5. The molecule has 2 N–H and O–H groups in total. The Kier molecular flexibility index (Phi) is 6.39. The molecule has 0 bridgehead atoms. The zero-order valence-electron chi connectivity index (χ0n) is 17.9. The van der Waals surface area contributed by atoms with Crippen LogP contribution in [0.5, 0.6) is 5.75 Å². The lowest BCUT2D eigenvalue weighted by atomic mass is 9.78. The Bertz CT molecular complexity index is 719. The fourth-order valence-electron chi connectivity index (χ4n) is 3.38. The highest BCUT2D eigenvalue weighted by molar-refractivity contribution is 5.49. The molecule has 0 heterocycles. The number of rotatable bonds is 5. The molecule has 1 atom stereocenters. The maximum Gasteiger partial charge on any atom is 0.123 e. The van der Waals surface area contributed by atoms with Gasteiger partial charge in [-0.1, -0.05) is 84.0 Å². The van der Waals surface area contributed by atoms with E-state index < -0.39 is 6.10 Å². The van der Waals surface area contributed by atoms with Crippen molar-refractivity contribution in [2.75, 3.05) is 13.6 Å². The first-order chi connectivity index (χ1) is 12.4. The summed E-state index contributed by atoms with van der Waals surface area (Å²) in [6.45, 7) is 14.0. The van der Waals surface area contributed by atoms with E-state index in [2.05, 4.69) is 58.6 Å². The minimum absolute atomic E-state index is 0.137. The van der Waals surface area contributed by atoms with Crippen molar-refractivity contribution in [3.8, 4) is 5.75 Å². The van der Waals surface area contributed by atoms with Gasteiger partial charge in [0.15, 0.2) is 0 Å². The van der Waals surface area contributed by atoms with Crippen molar-refractivity contribution >= 4 is 0 Å². The van der Waals surface area contributed by atoms with E-state index in [-0.39, 0.29) is 10.8 Å². The Morgan fingerprint density at radius 3 is 1.81 bits per heavy atom. The second-order valence-electron chi connectivity index (χ2n) is 9.66. The molecule has 27 heavy (non-hydrogen) atoms. The number of phenolic OH excluding ortho intramolecular Hbond substituents is 1. The van der Waals surface area contributed by atoms with Crippen LogP contribution in [0.25, 0.3) is 0 Å². The summed E-state index contributed by atoms with van der Waals surface area (Å²) in [6.07, 6.45) is -0.516. The summed E-state index contributed by atoms with van der Waals surface area (Å²) >= 11 is 0. The number of aromatic hydroxyl groups is 1. The number of likely N-dealkylation sites (N-methyl/N-ethyl adjacent to an activating group) is 1. The molecule has 0 saturated heterocycles. The van der Waals surface area contributed by atoms with Gasteiger partial charge < -0.3 is 10.2 Å². The van der Waals surface area contributed by atoms with Crippen molar-refractivity contribution < 1.29 is 10.2 Å². The average molecular weight is 370 g/mol. The van der Waals surface area contributed by atoms with Gasteiger partial charge in [0.2, 0.25) is 0 Å². The summed E-state index contributed by atoms with van der Waals surface area (Å²) in [5, 5.41) is 21.4. The van der Waals surface area contributed by atoms with Crippen LogP contribution >= 0.6 is 0 Å². The van der Waals surface area contributed by atoms with Crippen molar-refractivity contribution in [3.63, 3.8) is 0 Å². The Morgan fingerprint density at radius 2 is 1.37 bits per heavy atom. The summed E-state index contributed by atoms with van der Waals surface area (Å²) in [7, 11) is 2.02. The number of hydrogen-bond acceptors (Lipinski definition) is 3. The number of hydrogen-bond donors (Lipinski definition) is 2. The molecular formula is C24H35NO2. The van der Waals surface area contributed by atoms with Crippen molar-refractivity contribution in [1.29, 1.82) is 0 Å². The Balaban J connectivity index is 2.27. The maximum atomic E-state index is 10.9. The molecule has 3 nitrogen and oxygen atoms in total. The molecule has 148 valence electrons. The molecule has 2 aromatic carbocycles. The van der Waals surface area contributed by atoms with E-state index >= 15 is 0 Å². The van der Waals surface area contributed by atoms with E-state index in [1.165, 1.54) is 0 Å². The van der Waals surface area contributed by atoms with Gasteiger partial charge in [-0.25, -0.2) is 0 Å². The summed E-state index contributed by atoms with van der Waals surface area (Å²) in [4.78, 5) is 2.13. The van der Waals surface area contributed by atoms with Crippen LogP contribution in [-0.4, -0.2) is 28.7 Å². The van der Waals surface area contributed by atoms with E-state index in [0.717, 1.165) is 28.8 Å².